The Hall–Kier alpha value is -2.14. The van der Waals surface area contributed by atoms with Gasteiger partial charge in [0.1, 0.15) is 0 Å². The first-order valence-electron chi connectivity index (χ1n) is 13.4. The molecule has 5 nitrogen and oxygen atoms in total. The summed E-state index contributed by atoms with van der Waals surface area (Å²) in [5.74, 6) is 1.51. The van der Waals surface area contributed by atoms with Crippen LogP contribution in [0.15, 0.2) is 42.7 Å². The third-order valence-corrected chi connectivity index (χ3v) is 7.69. The highest BCUT2D eigenvalue weighted by Crippen LogP contribution is 2.29. The lowest BCUT2D eigenvalue weighted by molar-refractivity contribution is 0.0853. The average Bonchev–Trinajstić information content (AvgIpc) is 3.39. The summed E-state index contributed by atoms with van der Waals surface area (Å²) < 4.78 is 1.81. The number of amides is 1. The number of piperidine rings is 1. The molecule has 1 saturated carbocycles. The van der Waals surface area contributed by atoms with E-state index >= 15 is 0 Å². The number of benzene rings is 1. The van der Waals surface area contributed by atoms with Crippen LogP contribution in [0.5, 0.6) is 0 Å². The molecule has 180 valence electrons. The van der Waals surface area contributed by atoms with Gasteiger partial charge in [-0.2, -0.15) is 5.10 Å². The quantitative estimate of drug-likeness (QED) is 0.462. The number of nitrogens with one attached hydrogen (secondary N) is 1. The summed E-state index contributed by atoms with van der Waals surface area (Å²) in [4.78, 5) is 15.7. The van der Waals surface area contributed by atoms with Gasteiger partial charge in [0, 0.05) is 37.1 Å². The molecule has 33 heavy (non-hydrogen) atoms. The molecular formula is C28H42N4O. The van der Waals surface area contributed by atoms with Gasteiger partial charge in [0.2, 0.25) is 0 Å². The minimum atomic E-state index is 0.0614. The number of likely N-dealkylation sites (tertiary alicyclic amines) is 1. The van der Waals surface area contributed by atoms with Crippen LogP contribution < -0.4 is 5.32 Å². The lowest BCUT2D eigenvalue weighted by Crippen LogP contribution is -2.48. The van der Waals surface area contributed by atoms with E-state index in [1.165, 1.54) is 77.3 Å². The molecule has 3 unspecified atom stereocenters. The maximum Gasteiger partial charge on any atom is 0.251 e. The molecule has 2 heterocycles. The Balaban J connectivity index is 1.29. The summed E-state index contributed by atoms with van der Waals surface area (Å²) in [7, 11) is 0. The van der Waals surface area contributed by atoms with E-state index in [-0.39, 0.29) is 5.91 Å². The van der Waals surface area contributed by atoms with Crippen LogP contribution in [0.1, 0.15) is 87.9 Å². The van der Waals surface area contributed by atoms with Gasteiger partial charge in [-0.05, 0) is 80.8 Å². The van der Waals surface area contributed by atoms with Gasteiger partial charge in [-0.15, -0.1) is 0 Å². The number of rotatable bonds is 10. The first kappa shape index (κ1) is 24.0. The van der Waals surface area contributed by atoms with Crippen molar-refractivity contribution in [3.8, 4) is 5.69 Å². The molecule has 0 bridgehead atoms. The molecule has 3 atom stereocenters. The van der Waals surface area contributed by atoms with E-state index in [9.17, 15) is 4.79 Å². The molecule has 1 amide bonds. The number of unbranched alkanes of at least 4 members (excludes halogenated alkanes) is 3. The second-order valence-electron chi connectivity index (χ2n) is 10.2. The maximum atomic E-state index is 13.0. The van der Waals surface area contributed by atoms with E-state index in [4.69, 9.17) is 0 Å². The molecule has 1 aromatic heterocycles. The smallest absolute Gasteiger partial charge is 0.251 e. The number of carbonyl (C=O) groups excluding carboxylic acids is 1. The summed E-state index contributed by atoms with van der Waals surface area (Å²) in [5.41, 5.74) is 1.71. The van der Waals surface area contributed by atoms with Gasteiger partial charge in [-0.1, -0.05) is 45.4 Å². The second kappa shape index (κ2) is 12.4. The van der Waals surface area contributed by atoms with Crippen molar-refractivity contribution in [1.29, 1.82) is 0 Å². The third-order valence-electron chi connectivity index (χ3n) is 7.69. The molecule has 1 aliphatic carbocycles. The monoisotopic (exact) mass is 450 g/mol. The lowest BCUT2D eigenvalue weighted by atomic mass is 9.83. The Bertz CT molecular complexity index is 832. The first-order valence-corrected chi connectivity index (χ1v) is 13.4. The normalized spacial score (nSPS) is 24.0. The first-order chi connectivity index (χ1) is 16.2. The highest BCUT2D eigenvalue weighted by molar-refractivity contribution is 5.94. The standard InChI is InChI=1S/C28H42N4O/c1-2-3-4-5-10-23-11-8-19-31(21-23)22-25-12-6-7-13-27(25)30-28(33)24-14-16-26(17-15-24)32-20-9-18-29-32/h9,14-18,20,23,25,27H,2-8,10-13,19,21-22H2,1H3,(H,30,33). The van der Waals surface area contributed by atoms with Crippen LogP contribution in [0.2, 0.25) is 0 Å². The fourth-order valence-electron chi connectivity index (χ4n) is 5.80. The van der Waals surface area contributed by atoms with Gasteiger partial charge >= 0.3 is 0 Å². The molecule has 2 aromatic rings. The predicted molar refractivity (Wildman–Crippen MR) is 135 cm³/mol. The highest BCUT2D eigenvalue weighted by Gasteiger charge is 2.30. The van der Waals surface area contributed by atoms with Crippen LogP contribution in [0.4, 0.5) is 0 Å². The number of nitrogens with zero attached hydrogens (tertiary/aromatic N) is 3. The second-order valence-corrected chi connectivity index (χ2v) is 10.2. The summed E-state index contributed by atoms with van der Waals surface area (Å²) >= 11 is 0. The molecule has 1 saturated heterocycles. The zero-order valence-electron chi connectivity index (χ0n) is 20.4. The molecule has 1 aromatic carbocycles. The van der Waals surface area contributed by atoms with Gasteiger partial charge in [0.25, 0.3) is 5.91 Å². The lowest BCUT2D eigenvalue weighted by Gasteiger charge is -2.39. The number of hydrogen-bond donors (Lipinski definition) is 1. The zero-order valence-corrected chi connectivity index (χ0v) is 20.4. The van der Waals surface area contributed by atoms with E-state index in [0.717, 1.165) is 30.1 Å². The molecular weight excluding hydrogens is 408 g/mol. The topological polar surface area (TPSA) is 50.2 Å². The molecule has 2 fully saturated rings. The summed E-state index contributed by atoms with van der Waals surface area (Å²) in [6.07, 6.45) is 18.2. The van der Waals surface area contributed by atoms with Crippen LogP contribution in [-0.4, -0.2) is 46.3 Å². The number of aromatic nitrogens is 2. The van der Waals surface area contributed by atoms with Crippen molar-refractivity contribution < 1.29 is 4.79 Å². The van der Waals surface area contributed by atoms with Crippen LogP contribution in [0.25, 0.3) is 5.69 Å². The van der Waals surface area contributed by atoms with Crippen molar-refractivity contribution in [1.82, 2.24) is 20.0 Å². The summed E-state index contributed by atoms with van der Waals surface area (Å²) in [6, 6.07) is 9.96. The van der Waals surface area contributed by atoms with E-state index in [2.05, 4.69) is 22.2 Å². The minimum Gasteiger partial charge on any atom is -0.349 e. The van der Waals surface area contributed by atoms with Gasteiger partial charge < -0.3 is 10.2 Å². The largest absolute Gasteiger partial charge is 0.349 e. The Kier molecular flexibility index (Phi) is 8.99. The zero-order chi connectivity index (χ0) is 22.9. The molecule has 4 rings (SSSR count). The molecule has 1 aliphatic heterocycles. The maximum absolute atomic E-state index is 13.0. The predicted octanol–water partition coefficient (Wildman–Crippen LogP) is 5.84. The van der Waals surface area contributed by atoms with Crippen LogP contribution in [-0.2, 0) is 0 Å². The van der Waals surface area contributed by atoms with E-state index in [0.29, 0.717) is 12.0 Å². The minimum absolute atomic E-state index is 0.0614. The van der Waals surface area contributed by atoms with Gasteiger partial charge in [-0.3, -0.25) is 4.79 Å². The Morgan fingerprint density at radius 2 is 1.91 bits per heavy atom. The molecule has 1 N–H and O–H groups in total. The van der Waals surface area contributed by atoms with Crippen molar-refractivity contribution in [3.05, 3.63) is 48.3 Å². The van der Waals surface area contributed by atoms with Crippen molar-refractivity contribution in [2.75, 3.05) is 19.6 Å². The number of carbonyl (C=O) groups is 1. The van der Waals surface area contributed by atoms with E-state index in [1.54, 1.807) is 6.20 Å². The Morgan fingerprint density at radius 1 is 1.06 bits per heavy atom. The van der Waals surface area contributed by atoms with Gasteiger partial charge in [0.05, 0.1) is 5.69 Å². The van der Waals surface area contributed by atoms with E-state index in [1.807, 2.05) is 41.2 Å². The van der Waals surface area contributed by atoms with Crippen LogP contribution in [0.3, 0.4) is 0 Å². The van der Waals surface area contributed by atoms with Crippen LogP contribution >= 0.6 is 0 Å². The SMILES string of the molecule is CCCCCCC1CCCN(CC2CCCCC2NC(=O)c2ccc(-n3cccn3)cc2)C1. The number of hydrogen-bond acceptors (Lipinski definition) is 3. The van der Waals surface area contributed by atoms with Crippen molar-refractivity contribution >= 4 is 5.91 Å². The molecule has 2 aliphatic rings. The summed E-state index contributed by atoms with van der Waals surface area (Å²) in [5, 5.41) is 7.66. The van der Waals surface area contributed by atoms with E-state index < -0.39 is 0 Å². The van der Waals surface area contributed by atoms with Crippen LogP contribution in [0, 0.1) is 11.8 Å². The average molecular weight is 451 g/mol. The van der Waals surface area contributed by atoms with Crippen molar-refractivity contribution in [3.63, 3.8) is 0 Å². The fourth-order valence-corrected chi connectivity index (χ4v) is 5.80. The molecule has 0 radical (unpaired) electrons. The molecule has 5 heteroatoms. The Labute approximate surface area is 199 Å². The highest BCUT2D eigenvalue weighted by atomic mass is 16.1. The van der Waals surface area contributed by atoms with Gasteiger partial charge in [0.15, 0.2) is 0 Å². The van der Waals surface area contributed by atoms with Gasteiger partial charge in [-0.25, -0.2) is 4.68 Å². The third kappa shape index (κ3) is 6.92. The van der Waals surface area contributed by atoms with Crippen molar-refractivity contribution in [2.24, 2.45) is 11.8 Å². The molecule has 0 spiro atoms. The fraction of sp³-hybridized carbons (Fsp3) is 0.643. The van der Waals surface area contributed by atoms with Crippen molar-refractivity contribution in [2.45, 2.75) is 83.6 Å². The summed E-state index contributed by atoms with van der Waals surface area (Å²) in [6.45, 7) is 5.93. The Morgan fingerprint density at radius 3 is 2.70 bits per heavy atom.